The molecule has 3 amide bonds. The Morgan fingerprint density at radius 2 is 1.77 bits per heavy atom. The van der Waals surface area contributed by atoms with Gasteiger partial charge in [0.1, 0.15) is 18.3 Å². The minimum atomic E-state index is -0.930. The molecule has 0 radical (unpaired) electrons. The monoisotopic (exact) mass is 603 g/mol. The zero-order chi connectivity index (χ0) is 31.3. The Bertz CT molecular complexity index is 1460. The maximum Gasteiger partial charge on any atom is 0.338 e. The number of carbonyl (C=O) groups is 4. The third-order valence-electron chi connectivity index (χ3n) is 7.82. The first-order valence-electron chi connectivity index (χ1n) is 14.7. The van der Waals surface area contributed by atoms with Crippen LogP contribution in [0.1, 0.15) is 39.9 Å². The molecule has 1 aliphatic heterocycles. The molecule has 11 heteroatoms. The van der Waals surface area contributed by atoms with E-state index in [4.69, 9.17) is 19.3 Å². The maximum absolute atomic E-state index is 13.4. The van der Waals surface area contributed by atoms with Gasteiger partial charge in [0.05, 0.1) is 12.2 Å². The highest BCUT2D eigenvalue weighted by molar-refractivity contribution is 5.95. The van der Waals surface area contributed by atoms with E-state index in [0.29, 0.717) is 24.0 Å². The van der Waals surface area contributed by atoms with Crippen LogP contribution in [0.3, 0.4) is 0 Å². The molecule has 0 bridgehead atoms. The van der Waals surface area contributed by atoms with E-state index in [1.807, 2.05) is 24.3 Å². The lowest BCUT2D eigenvalue weighted by Crippen LogP contribution is -2.44. The molecule has 3 aliphatic rings. The summed E-state index contributed by atoms with van der Waals surface area (Å²) in [6, 6.07) is 14.7. The Balaban J connectivity index is 1.32. The van der Waals surface area contributed by atoms with Crippen molar-refractivity contribution in [2.24, 2.45) is 0 Å². The molecule has 3 atom stereocenters. The summed E-state index contributed by atoms with van der Waals surface area (Å²) in [4.78, 5) is 51.9. The molecule has 0 aromatic heterocycles. The number of carbonyl (C=O) groups excluding carboxylic acids is 4. The average molecular weight is 604 g/mol. The van der Waals surface area contributed by atoms with Gasteiger partial charge in [-0.1, -0.05) is 36.4 Å². The Morgan fingerprint density at radius 3 is 2.48 bits per heavy atom. The number of ether oxygens (including phenoxy) is 3. The van der Waals surface area contributed by atoms with E-state index >= 15 is 0 Å². The van der Waals surface area contributed by atoms with Gasteiger partial charge < -0.3 is 34.9 Å². The van der Waals surface area contributed by atoms with Crippen molar-refractivity contribution in [2.45, 2.75) is 49.8 Å². The van der Waals surface area contributed by atoms with Crippen LogP contribution in [0.15, 0.2) is 66.3 Å². The minimum Gasteiger partial charge on any atom is -0.456 e. The van der Waals surface area contributed by atoms with Crippen molar-refractivity contribution in [3.05, 3.63) is 88.5 Å². The van der Waals surface area contributed by atoms with Gasteiger partial charge in [-0.2, -0.15) is 0 Å². The number of nitrogens with zero attached hydrogens (tertiary/aromatic N) is 1. The average Bonchev–Trinajstić information content (AvgIpc) is 3.56. The van der Waals surface area contributed by atoms with Crippen LogP contribution in [-0.2, 0) is 41.4 Å². The van der Waals surface area contributed by atoms with Gasteiger partial charge in [-0.25, -0.2) is 4.79 Å². The summed E-state index contributed by atoms with van der Waals surface area (Å²) in [6.45, 7) is 0.0725. The van der Waals surface area contributed by atoms with Crippen LogP contribution in [0, 0.1) is 0 Å². The molecule has 1 saturated heterocycles. The number of amides is 3. The predicted octanol–water partition coefficient (Wildman–Crippen LogP) is 1.54. The fourth-order valence-electron chi connectivity index (χ4n) is 5.64. The van der Waals surface area contributed by atoms with E-state index in [1.54, 1.807) is 50.5 Å². The molecule has 5 rings (SSSR count). The Labute approximate surface area is 255 Å². The normalized spacial score (nSPS) is 21.3. The molecular weight excluding hydrogens is 566 g/mol. The molecule has 0 saturated carbocycles. The van der Waals surface area contributed by atoms with Crippen LogP contribution in [-0.4, -0.2) is 91.6 Å². The first kappa shape index (κ1) is 31.1. The van der Waals surface area contributed by atoms with E-state index in [1.165, 1.54) is 11.0 Å². The van der Waals surface area contributed by atoms with Gasteiger partial charge in [-0.3, -0.25) is 14.4 Å². The standard InChI is InChI=1S/C33H37N3O8/c1-36(2)29(39)11-10-21-6-5-9-22(16-21)32(41)42-26-17-25(31(40)35-13-12-28(38)34-14-15-37)18-27-30(26)44-33(43-27)19-23-7-3-4-8-24(23)20-33/h3-11,16,18,26-27,30,37H,12-15,17,19-20H2,1-2H3,(H,34,38)(H,35,40)/t26-,27-,30+/m1/s1. The van der Waals surface area contributed by atoms with Gasteiger partial charge >= 0.3 is 5.97 Å². The number of benzene rings is 2. The molecule has 44 heavy (non-hydrogen) atoms. The van der Waals surface area contributed by atoms with Crippen LogP contribution in [0.5, 0.6) is 0 Å². The number of nitrogens with one attached hydrogen (secondary N) is 2. The summed E-state index contributed by atoms with van der Waals surface area (Å²) in [5.41, 5.74) is 3.56. The summed E-state index contributed by atoms with van der Waals surface area (Å²) in [6.07, 6.45) is 3.92. The maximum atomic E-state index is 13.4. The zero-order valence-electron chi connectivity index (χ0n) is 24.8. The van der Waals surface area contributed by atoms with Crippen LogP contribution >= 0.6 is 0 Å². The molecule has 1 spiro atoms. The highest BCUT2D eigenvalue weighted by Gasteiger charge is 2.55. The van der Waals surface area contributed by atoms with E-state index in [2.05, 4.69) is 10.6 Å². The number of fused-ring (bicyclic) bond motifs is 2. The fourth-order valence-corrected chi connectivity index (χ4v) is 5.64. The lowest BCUT2D eigenvalue weighted by atomic mass is 9.91. The summed E-state index contributed by atoms with van der Waals surface area (Å²) in [5.74, 6) is -2.39. The summed E-state index contributed by atoms with van der Waals surface area (Å²) in [7, 11) is 3.31. The van der Waals surface area contributed by atoms with Gasteiger partial charge in [-0.05, 0) is 41.0 Å². The first-order valence-corrected chi connectivity index (χ1v) is 14.7. The Hall–Kier alpha value is -4.32. The molecule has 11 nitrogen and oxygen atoms in total. The molecule has 2 aromatic rings. The molecule has 1 fully saturated rings. The van der Waals surface area contributed by atoms with Gasteiger partial charge in [0.2, 0.25) is 17.7 Å². The van der Waals surface area contributed by atoms with Gasteiger partial charge in [0, 0.05) is 64.5 Å². The topological polar surface area (TPSA) is 144 Å². The number of aliphatic hydroxyl groups excluding tert-OH is 1. The lowest BCUT2D eigenvalue weighted by molar-refractivity contribution is -0.172. The SMILES string of the molecule is CN(C)C(=O)C=Cc1cccc(C(=O)O[C@@H]2CC(C(=O)NCCC(=O)NCCO)=C[C@H]3OC4(Cc5ccccc5C4)O[C@H]32)c1. The first-order chi connectivity index (χ1) is 21.2. The van der Waals surface area contributed by atoms with E-state index in [9.17, 15) is 19.2 Å². The van der Waals surface area contributed by atoms with E-state index < -0.39 is 36.0 Å². The van der Waals surface area contributed by atoms with Crippen LogP contribution in [0.2, 0.25) is 0 Å². The van der Waals surface area contributed by atoms with Crippen molar-refractivity contribution >= 4 is 29.8 Å². The smallest absolute Gasteiger partial charge is 0.338 e. The summed E-state index contributed by atoms with van der Waals surface area (Å²) < 4.78 is 19.0. The number of hydrogen-bond acceptors (Lipinski definition) is 8. The van der Waals surface area contributed by atoms with Crippen molar-refractivity contribution in [3.63, 3.8) is 0 Å². The van der Waals surface area contributed by atoms with Crippen LogP contribution < -0.4 is 10.6 Å². The largest absolute Gasteiger partial charge is 0.456 e. The van der Waals surface area contributed by atoms with Crippen LogP contribution in [0.4, 0.5) is 0 Å². The lowest BCUT2D eigenvalue weighted by Gasteiger charge is -2.30. The molecule has 232 valence electrons. The van der Waals surface area contributed by atoms with E-state index in [-0.39, 0.29) is 49.9 Å². The highest BCUT2D eigenvalue weighted by atomic mass is 16.8. The van der Waals surface area contributed by atoms with Gasteiger partial charge in [0.15, 0.2) is 5.79 Å². The minimum absolute atomic E-state index is 0.0510. The van der Waals surface area contributed by atoms with E-state index in [0.717, 1.165) is 11.1 Å². The highest BCUT2D eigenvalue weighted by Crippen LogP contribution is 2.45. The van der Waals surface area contributed by atoms with Gasteiger partial charge in [0.25, 0.3) is 0 Å². The molecular formula is C33H37N3O8. The number of aliphatic hydroxyl groups is 1. The second-order valence-corrected chi connectivity index (χ2v) is 11.3. The van der Waals surface area contributed by atoms with Crippen molar-refractivity contribution in [1.82, 2.24) is 15.5 Å². The molecule has 2 aromatic carbocycles. The Kier molecular flexibility index (Phi) is 9.58. The molecule has 3 N–H and O–H groups in total. The summed E-state index contributed by atoms with van der Waals surface area (Å²) in [5, 5.41) is 14.2. The molecule has 2 aliphatic carbocycles. The van der Waals surface area contributed by atoms with Crippen molar-refractivity contribution in [2.75, 3.05) is 33.8 Å². The molecule has 1 heterocycles. The zero-order valence-corrected chi connectivity index (χ0v) is 24.8. The Morgan fingerprint density at radius 1 is 1.02 bits per heavy atom. The summed E-state index contributed by atoms with van der Waals surface area (Å²) >= 11 is 0. The number of esters is 1. The molecule has 0 unspecified atom stereocenters. The second-order valence-electron chi connectivity index (χ2n) is 11.3. The fraction of sp³-hybridized carbons (Fsp3) is 0.394. The van der Waals surface area contributed by atoms with Gasteiger partial charge in [-0.15, -0.1) is 0 Å². The second kappa shape index (κ2) is 13.5. The number of likely N-dealkylation sites (N-methyl/N-ethyl adjacent to an activating group) is 1. The van der Waals surface area contributed by atoms with Crippen LogP contribution in [0.25, 0.3) is 6.08 Å². The number of rotatable bonds is 10. The van der Waals surface area contributed by atoms with Crippen molar-refractivity contribution in [3.8, 4) is 0 Å². The third kappa shape index (κ3) is 7.24. The quantitative estimate of drug-likeness (QED) is 0.274. The predicted molar refractivity (Wildman–Crippen MR) is 160 cm³/mol. The van der Waals surface area contributed by atoms with Crippen molar-refractivity contribution in [1.29, 1.82) is 0 Å². The van der Waals surface area contributed by atoms with Crippen molar-refractivity contribution < 1.29 is 38.5 Å². The number of hydrogen-bond donors (Lipinski definition) is 3. The third-order valence-corrected chi connectivity index (χ3v) is 7.82.